The monoisotopic (exact) mass is 317 g/mol. The summed E-state index contributed by atoms with van der Waals surface area (Å²) >= 11 is 0. The van der Waals surface area contributed by atoms with Gasteiger partial charge in [-0.1, -0.05) is 0 Å². The Bertz CT molecular complexity index is 755. The number of rotatable bonds is 5. The fraction of sp³-hybridized carbons (Fsp3) is 0.357. The number of carbonyl (C=O) groups is 1. The maximum Gasteiger partial charge on any atom is 0.267 e. The maximum absolute atomic E-state index is 12.1. The lowest BCUT2D eigenvalue weighted by Gasteiger charge is -2.19. The van der Waals surface area contributed by atoms with Crippen LogP contribution in [0, 0.1) is 0 Å². The Morgan fingerprint density at radius 2 is 2.00 bits per heavy atom. The van der Waals surface area contributed by atoms with Crippen LogP contribution in [-0.4, -0.2) is 53.8 Å². The summed E-state index contributed by atoms with van der Waals surface area (Å²) in [5.41, 5.74) is 0.129. The van der Waals surface area contributed by atoms with Gasteiger partial charge in [-0.2, -0.15) is 10.1 Å². The molecule has 0 fully saturated rings. The van der Waals surface area contributed by atoms with Crippen molar-refractivity contribution < 1.29 is 4.79 Å². The first kappa shape index (κ1) is 16.4. The van der Waals surface area contributed by atoms with Crippen LogP contribution in [0.3, 0.4) is 0 Å². The average Bonchev–Trinajstić information content (AvgIpc) is 2.49. The summed E-state index contributed by atoms with van der Waals surface area (Å²) in [4.78, 5) is 35.8. The average molecular weight is 317 g/mol. The summed E-state index contributed by atoms with van der Waals surface area (Å²) in [6.07, 6.45) is 2.99. The molecule has 0 spiro atoms. The summed E-state index contributed by atoms with van der Waals surface area (Å²) in [5, 5.41) is 6.56. The zero-order chi connectivity index (χ0) is 17.0. The molecule has 122 valence electrons. The van der Waals surface area contributed by atoms with Crippen molar-refractivity contribution in [2.24, 2.45) is 0 Å². The molecule has 1 amide bonds. The quantitative estimate of drug-likeness (QED) is 0.816. The molecule has 0 aliphatic carbocycles. The van der Waals surface area contributed by atoms with Crippen LogP contribution in [0.4, 0.5) is 17.5 Å². The molecule has 0 saturated carbocycles. The third kappa shape index (κ3) is 4.02. The number of anilines is 3. The minimum absolute atomic E-state index is 0.179. The van der Waals surface area contributed by atoms with E-state index in [0.29, 0.717) is 17.5 Å². The van der Waals surface area contributed by atoms with E-state index in [9.17, 15) is 9.59 Å². The zero-order valence-corrected chi connectivity index (χ0v) is 13.5. The molecule has 2 heterocycles. The molecule has 2 aromatic heterocycles. The highest BCUT2D eigenvalue weighted by Gasteiger charge is 2.14. The second-order valence-electron chi connectivity index (χ2n) is 5.26. The van der Waals surface area contributed by atoms with E-state index in [-0.39, 0.29) is 18.0 Å². The minimum atomic E-state index is -0.380. The lowest BCUT2D eigenvalue weighted by molar-refractivity contribution is -0.117. The fourth-order valence-corrected chi connectivity index (χ4v) is 1.84. The van der Waals surface area contributed by atoms with Gasteiger partial charge in [-0.3, -0.25) is 9.59 Å². The molecule has 0 atom stereocenters. The third-order valence-corrected chi connectivity index (χ3v) is 2.93. The van der Waals surface area contributed by atoms with Gasteiger partial charge in [0, 0.05) is 40.5 Å². The van der Waals surface area contributed by atoms with Crippen molar-refractivity contribution in [1.82, 2.24) is 19.7 Å². The van der Waals surface area contributed by atoms with Crippen molar-refractivity contribution in [2.75, 3.05) is 43.3 Å². The van der Waals surface area contributed by atoms with Crippen LogP contribution in [0.2, 0.25) is 0 Å². The van der Waals surface area contributed by atoms with Gasteiger partial charge in [0.1, 0.15) is 12.2 Å². The van der Waals surface area contributed by atoms with Gasteiger partial charge in [-0.15, -0.1) is 0 Å². The first-order chi connectivity index (χ1) is 10.9. The predicted octanol–water partition coefficient (Wildman–Crippen LogP) is -0.196. The van der Waals surface area contributed by atoms with E-state index in [1.54, 1.807) is 9.80 Å². The molecular weight excluding hydrogens is 298 g/mol. The van der Waals surface area contributed by atoms with E-state index >= 15 is 0 Å². The molecule has 0 aromatic carbocycles. The Hall–Kier alpha value is -2.97. The van der Waals surface area contributed by atoms with Crippen molar-refractivity contribution in [3.8, 4) is 0 Å². The van der Waals surface area contributed by atoms with Crippen molar-refractivity contribution in [1.29, 1.82) is 0 Å². The summed E-state index contributed by atoms with van der Waals surface area (Å²) in [6.45, 7) is -0.179. The molecule has 0 aliphatic rings. The molecule has 0 radical (unpaired) electrons. The van der Waals surface area contributed by atoms with Crippen molar-refractivity contribution >= 4 is 23.4 Å². The van der Waals surface area contributed by atoms with Crippen LogP contribution in [0.25, 0.3) is 0 Å². The number of amides is 1. The fourth-order valence-electron chi connectivity index (χ4n) is 1.84. The Morgan fingerprint density at radius 1 is 1.26 bits per heavy atom. The number of carbonyl (C=O) groups excluding carboxylic acids is 1. The molecule has 1 N–H and O–H groups in total. The Kier molecular flexibility index (Phi) is 4.89. The lowest BCUT2D eigenvalue weighted by Crippen LogP contribution is -2.29. The highest BCUT2D eigenvalue weighted by atomic mass is 16.2. The Morgan fingerprint density at radius 3 is 2.61 bits per heavy atom. The van der Waals surface area contributed by atoms with Gasteiger partial charge in [0.2, 0.25) is 11.9 Å². The predicted molar refractivity (Wildman–Crippen MR) is 87.8 cm³/mol. The number of aromatic nitrogens is 4. The van der Waals surface area contributed by atoms with Crippen molar-refractivity contribution in [3.63, 3.8) is 0 Å². The van der Waals surface area contributed by atoms with E-state index in [1.165, 1.54) is 24.5 Å². The molecular formula is C14H19N7O2. The summed E-state index contributed by atoms with van der Waals surface area (Å²) < 4.78 is 1.08. The van der Waals surface area contributed by atoms with Crippen LogP contribution >= 0.6 is 0 Å². The van der Waals surface area contributed by atoms with Crippen LogP contribution in [-0.2, 0) is 11.3 Å². The highest BCUT2D eigenvalue weighted by molar-refractivity contribution is 5.93. The van der Waals surface area contributed by atoms with Gasteiger partial charge in [-0.05, 0) is 6.07 Å². The minimum Gasteiger partial charge on any atom is -0.361 e. The van der Waals surface area contributed by atoms with E-state index in [4.69, 9.17) is 0 Å². The van der Waals surface area contributed by atoms with Gasteiger partial charge < -0.3 is 15.1 Å². The SMILES string of the molecule is CN(C)c1ncc(NC(=O)Cn2ncccc2=O)c(N(C)C)n1. The van der Waals surface area contributed by atoms with Crippen LogP contribution in [0.5, 0.6) is 0 Å². The number of hydrogen-bond donors (Lipinski definition) is 1. The molecule has 0 aliphatic heterocycles. The van der Waals surface area contributed by atoms with Crippen LogP contribution < -0.4 is 20.7 Å². The van der Waals surface area contributed by atoms with Gasteiger partial charge in [0.05, 0.1) is 6.20 Å². The normalized spacial score (nSPS) is 10.3. The lowest BCUT2D eigenvalue weighted by atomic mass is 10.4. The van der Waals surface area contributed by atoms with Crippen molar-refractivity contribution in [3.05, 3.63) is 34.9 Å². The summed E-state index contributed by atoms with van der Waals surface area (Å²) in [5.74, 6) is 0.730. The first-order valence-electron chi connectivity index (χ1n) is 6.92. The van der Waals surface area contributed by atoms with E-state index in [0.717, 1.165) is 4.68 Å². The molecule has 2 aromatic rings. The molecule has 9 heteroatoms. The largest absolute Gasteiger partial charge is 0.361 e. The standard InChI is InChI=1S/C14H19N7O2/c1-19(2)13-10(8-15-14(18-13)20(3)4)17-11(22)9-21-12(23)6-5-7-16-21/h5-8H,9H2,1-4H3,(H,17,22). The second kappa shape index (κ2) is 6.86. The second-order valence-corrected chi connectivity index (χ2v) is 5.26. The molecule has 23 heavy (non-hydrogen) atoms. The molecule has 0 unspecified atom stereocenters. The van der Waals surface area contributed by atoms with Gasteiger partial charge in [0.25, 0.3) is 5.56 Å². The van der Waals surface area contributed by atoms with Gasteiger partial charge in [0.15, 0.2) is 5.82 Å². The van der Waals surface area contributed by atoms with E-state index in [2.05, 4.69) is 20.4 Å². The highest BCUT2D eigenvalue weighted by Crippen LogP contribution is 2.22. The Labute approximate surface area is 133 Å². The number of hydrogen-bond acceptors (Lipinski definition) is 7. The molecule has 0 bridgehead atoms. The van der Waals surface area contributed by atoms with E-state index in [1.807, 2.05) is 28.2 Å². The maximum atomic E-state index is 12.1. The van der Waals surface area contributed by atoms with Crippen LogP contribution in [0.1, 0.15) is 0 Å². The summed E-state index contributed by atoms with van der Waals surface area (Å²) in [6, 6.07) is 2.87. The Balaban J connectivity index is 2.20. The smallest absolute Gasteiger partial charge is 0.267 e. The van der Waals surface area contributed by atoms with Gasteiger partial charge in [-0.25, -0.2) is 9.67 Å². The number of nitrogens with one attached hydrogen (secondary N) is 1. The first-order valence-corrected chi connectivity index (χ1v) is 6.92. The third-order valence-electron chi connectivity index (χ3n) is 2.93. The topological polar surface area (TPSA) is 96.2 Å². The van der Waals surface area contributed by atoms with Crippen LogP contribution in [0.15, 0.2) is 29.3 Å². The summed E-state index contributed by atoms with van der Waals surface area (Å²) in [7, 11) is 7.31. The molecule has 0 saturated heterocycles. The van der Waals surface area contributed by atoms with Gasteiger partial charge >= 0.3 is 0 Å². The number of nitrogens with zero attached hydrogens (tertiary/aromatic N) is 6. The zero-order valence-electron chi connectivity index (χ0n) is 13.5. The van der Waals surface area contributed by atoms with E-state index < -0.39 is 0 Å². The van der Waals surface area contributed by atoms with Crippen molar-refractivity contribution in [2.45, 2.75) is 6.54 Å². The molecule has 9 nitrogen and oxygen atoms in total. The molecule has 2 rings (SSSR count).